The number of rotatable bonds is 6. The number of carbonyl (C=O) groups excluding carboxylic acids is 1. The molecule has 0 fully saturated rings. The second kappa shape index (κ2) is 7.57. The average Bonchev–Trinajstić information content (AvgIpc) is 2.59. The normalized spacial score (nSPS) is 12.9. The first-order valence-electron chi connectivity index (χ1n) is 7.55. The van der Waals surface area contributed by atoms with Gasteiger partial charge in [0.15, 0.2) is 0 Å². The Kier molecular flexibility index (Phi) is 5.51. The van der Waals surface area contributed by atoms with Crippen molar-refractivity contribution in [2.75, 3.05) is 6.54 Å². The number of nitriles is 1. The third kappa shape index (κ3) is 5.24. The van der Waals surface area contributed by atoms with E-state index in [9.17, 15) is 9.90 Å². The van der Waals surface area contributed by atoms with E-state index in [-0.39, 0.29) is 12.5 Å². The molecular formula is C19H20N2O2. The molecule has 4 nitrogen and oxygen atoms in total. The Morgan fingerprint density at radius 1 is 1.17 bits per heavy atom. The van der Waals surface area contributed by atoms with Crippen LogP contribution in [0.25, 0.3) is 0 Å². The van der Waals surface area contributed by atoms with E-state index in [1.165, 1.54) is 0 Å². The summed E-state index contributed by atoms with van der Waals surface area (Å²) in [5.41, 5.74) is 1.17. The van der Waals surface area contributed by atoms with Gasteiger partial charge in [-0.1, -0.05) is 30.3 Å². The quantitative estimate of drug-likeness (QED) is 0.861. The van der Waals surface area contributed by atoms with E-state index in [2.05, 4.69) is 5.32 Å². The van der Waals surface area contributed by atoms with Gasteiger partial charge in [-0.25, -0.2) is 0 Å². The molecule has 1 atom stereocenters. The zero-order chi connectivity index (χ0) is 16.7. The summed E-state index contributed by atoms with van der Waals surface area (Å²) in [7, 11) is 0. The SMILES string of the molecule is CC(O)(CCc1ccccc1)CNC(=O)c1ccc(C#N)cc1. The summed E-state index contributed by atoms with van der Waals surface area (Å²) >= 11 is 0. The highest BCUT2D eigenvalue weighted by molar-refractivity contribution is 5.94. The van der Waals surface area contributed by atoms with Gasteiger partial charge in [0.25, 0.3) is 5.91 Å². The Hall–Kier alpha value is -2.64. The molecule has 0 aromatic heterocycles. The number of aliphatic hydroxyl groups is 1. The zero-order valence-electron chi connectivity index (χ0n) is 13.1. The maximum Gasteiger partial charge on any atom is 0.251 e. The van der Waals surface area contributed by atoms with Crippen molar-refractivity contribution >= 4 is 5.91 Å². The standard InChI is InChI=1S/C19H20N2O2/c1-19(23,12-11-15-5-3-2-4-6-15)14-21-18(22)17-9-7-16(13-20)8-10-17/h2-10,23H,11-12,14H2,1H3,(H,21,22). The van der Waals surface area contributed by atoms with Gasteiger partial charge in [0.1, 0.15) is 0 Å². The van der Waals surface area contributed by atoms with E-state index in [0.717, 1.165) is 12.0 Å². The molecule has 2 N–H and O–H groups in total. The second-order valence-electron chi connectivity index (χ2n) is 5.85. The molecule has 23 heavy (non-hydrogen) atoms. The van der Waals surface area contributed by atoms with Crippen LogP contribution in [-0.2, 0) is 6.42 Å². The number of amides is 1. The van der Waals surface area contributed by atoms with Crippen molar-refractivity contribution in [2.45, 2.75) is 25.4 Å². The topological polar surface area (TPSA) is 73.1 Å². The fraction of sp³-hybridized carbons (Fsp3) is 0.263. The van der Waals surface area contributed by atoms with Crippen LogP contribution in [0.1, 0.15) is 34.8 Å². The highest BCUT2D eigenvalue weighted by Crippen LogP contribution is 2.13. The van der Waals surface area contributed by atoms with E-state index < -0.39 is 5.60 Å². The maximum atomic E-state index is 12.1. The van der Waals surface area contributed by atoms with Gasteiger partial charge >= 0.3 is 0 Å². The van der Waals surface area contributed by atoms with Crippen molar-refractivity contribution in [1.29, 1.82) is 5.26 Å². The minimum absolute atomic E-state index is 0.179. The lowest BCUT2D eigenvalue weighted by Gasteiger charge is -2.23. The van der Waals surface area contributed by atoms with E-state index in [1.807, 2.05) is 36.4 Å². The Morgan fingerprint density at radius 2 is 1.83 bits per heavy atom. The molecule has 1 amide bonds. The lowest BCUT2D eigenvalue weighted by atomic mass is 9.96. The van der Waals surface area contributed by atoms with Crippen LogP contribution in [0.5, 0.6) is 0 Å². The largest absolute Gasteiger partial charge is 0.388 e. The molecule has 4 heteroatoms. The molecule has 2 aromatic carbocycles. The zero-order valence-corrected chi connectivity index (χ0v) is 13.1. The van der Waals surface area contributed by atoms with Crippen molar-refractivity contribution in [3.8, 4) is 6.07 Å². The van der Waals surface area contributed by atoms with Gasteiger partial charge in [-0.3, -0.25) is 4.79 Å². The third-order valence-electron chi connectivity index (χ3n) is 3.70. The van der Waals surface area contributed by atoms with Crippen molar-refractivity contribution < 1.29 is 9.90 Å². The number of hydrogen-bond donors (Lipinski definition) is 2. The number of nitrogens with one attached hydrogen (secondary N) is 1. The second-order valence-corrected chi connectivity index (χ2v) is 5.85. The van der Waals surface area contributed by atoms with Gasteiger partial charge in [-0.05, 0) is 49.6 Å². The van der Waals surface area contributed by atoms with Gasteiger partial charge in [0.05, 0.1) is 17.2 Å². The smallest absolute Gasteiger partial charge is 0.251 e. The summed E-state index contributed by atoms with van der Waals surface area (Å²) in [5.74, 6) is -0.255. The van der Waals surface area contributed by atoms with E-state index in [1.54, 1.807) is 31.2 Å². The molecule has 0 saturated heterocycles. The molecule has 0 bridgehead atoms. The van der Waals surface area contributed by atoms with Crippen LogP contribution >= 0.6 is 0 Å². The maximum absolute atomic E-state index is 12.1. The number of aryl methyl sites for hydroxylation is 1. The van der Waals surface area contributed by atoms with Gasteiger partial charge in [-0.15, -0.1) is 0 Å². The van der Waals surface area contributed by atoms with Gasteiger partial charge in [-0.2, -0.15) is 5.26 Å². The van der Waals surface area contributed by atoms with Gasteiger partial charge < -0.3 is 10.4 Å². The van der Waals surface area contributed by atoms with Crippen LogP contribution in [0.4, 0.5) is 0 Å². The summed E-state index contributed by atoms with van der Waals surface area (Å²) in [6, 6.07) is 18.4. The van der Waals surface area contributed by atoms with Crippen molar-refractivity contribution in [1.82, 2.24) is 5.32 Å². The average molecular weight is 308 g/mol. The van der Waals surface area contributed by atoms with Gasteiger partial charge in [0.2, 0.25) is 0 Å². The molecule has 1 unspecified atom stereocenters. The highest BCUT2D eigenvalue weighted by Gasteiger charge is 2.21. The van der Waals surface area contributed by atoms with Gasteiger partial charge in [0, 0.05) is 12.1 Å². The summed E-state index contributed by atoms with van der Waals surface area (Å²) < 4.78 is 0. The van der Waals surface area contributed by atoms with Crippen LogP contribution in [-0.4, -0.2) is 23.2 Å². The monoisotopic (exact) mass is 308 g/mol. The molecule has 0 aliphatic carbocycles. The molecule has 0 spiro atoms. The summed E-state index contributed by atoms with van der Waals surface area (Å²) in [4.78, 5) is 12.1. The van der Waals surface area contributed by atoms with Crippen LogP contribution < -0.4 is 5.32 Å². The Bertz CT molecular complexity index is 686. The van der Waals surface area contributed by atoms with Crippen LogP contribution in [0.15, 0.2) is 54.6 Å². The minimum atomic E-state index is -0.974. The van der Waals surface area contributed by atoms with Crippen molar-refractivity contribution in [2.24, 2.45) is 0 Å². The molecule has 2 rings (SSSR count). The molecule has 0 radical (unpaired) electrons. The molecule has 0 heterocycles. The molecule has 0 aliphatic rings. The predicted octanol–water partition coefficient (Wildman–Crippen LogP) is 2.67. The predicted molar refractivity (Wildman–Crippen MR) is 88.9 cm³/mol. The van der Waals surface area contributed by atoms with Crippen molar-refractivity contribution in [3.05, 3.63) is 71.3 Å². The number of benzene rings is 2. The molecule has 0 saturated carbocycles. The fourth-order valence-corrected chi connectivity index (χ4v) is 2.22. The third-order valence-corrected chi connectivity index (χ3v) is 3.70. The van der Waals surface area contributed by atoms with Crippen LogP contribution in [0, 0.1) is 11.3 Å². The minimum Gasteiger partial charge on any atom is -0.388 e. The summed E-state index contributed by atoms with van der Waals surface area (Å²) in [5, 5.41) is 21.9. The Labute approximate surface area is 136 Å². The highest BCUT2D eigenvalue weighted by atomic mass is 16.3. The first-order valence-corrected chi connectivity index (χ1v) is 7.55. The lowest BCUT2D eigenvalue weighted by molar-refractivity contribution is 0.0478. The van der Waals surface area contributed by atoms with Crippen molar-refractivity contribution in [3.63, 3.8) is 0 Å². The fourth-order valence-electron chi connectivity index (χ4n) is 2.22. The first kappa shape index (κ1) is 16.7. The summed E-state index contributed by atoms with van der Waals surface area (Å²) in [6.45, 7) is 1.90. The Balaban J connectivity index is 1.85. The molecular weight excluding hydrogens is 288 g/mol. The number of hydrogen-bond acceptors (Lipinski definition) is 3. The molecule has 118 valence electrons. The Morgan fingerprint density at radius 3 is 2.43 bits per heavy atom. The molecule has 0 aliphatic heterocycles. The van der Waals surface area contributed by atoms with E-state index in [0.29, 0.717) is 17.5 Å². The number of carbonyl (C=O) groups is 1. The molecule has 2 aromatic rings. The number of nitrogens with zero attached hydrogens (tertiary/aromatic N) is 1. The van der Waals surface area contributed by atoms with Crippen LogP contribution in [0.3, 0.4) is 0 Å². The summed E-state index contributed by atoms with van der Waals surface area (Å²) in [6.07, 6.45) is 1.31. The van der Waals surface area contributed by atoms with E-state index in [4.69, 9.17) is 5.26 Å². The lowest BCUT2D eigenvalue weighted by Crippen LogP contribution is -2.41. The van der Waals surface area contributed by atoms with E-state index >= 15 is 0 Å². The van der Waals surface area contributed by atoms with Crippen LogP contribution in [0.2, 0.25) is 0 Å². The first-order chi connectivity index (χ1) is 11.0.